The number of non-ortho nitro benzene ring substituents is 2. The summed E-state index contributed by atoms with van der Waals surface area (Å²) in [5, 5.41) is 22.0. The Kier molecular flexibility index (Phi) is 5.41. The first-order valence-electron chi connectivity index (χ1n) is 8.32. The number of rotatable bonds is 6. The van der Waals surface area contributed by atoms with Gasteiger partial charge < -0.3 is 9.64 Å². The number of carbonyl (C=O) groups excluding carboxylic acids is 1. The van der Waals surface area contributed by atoms with Crippen molar-refractivity contribution in [2.75, 3.05) is 13.1 Å². The molecule has 0 bridgehead atoms. The zero-order valence-corrected chi connectivity index (χ0v) is 14.3. The Balaban J connectivity index is 1.68. The number of nitro benzene ring substituents is 2. The Hall–Kier alpha value is -3.33. The first-order valence-corrected chi connectivity index (χ1v) is 8.32. The number of carbonyl (C=O) groups is 1. The van der Waals surface area contributed by atoms with Crippen LogP contribution in [0.25, 0.3) is 0 Å². The fourth-order valence-electron chi connectivity index (χ4n) is 2.95. The van der Waals surface area contributed by atoms with Gasteiger partial charge in [-0.1, -0.05) is 30.3 Å². The van der Waals surface area contributed by atoms with Gasteiger partial charge in [-0.15, -0.1) is 0 Å². The molecule has 0 radical (unpaired) electrons. The Morgan fingerprint density at radius 1 is 1.07 bits per heavy atom. The van der Waals surface area contributed by atoms with Gasteiger partial charge in [0.25, 0.3) is 17.3 Å². The Bertz CT molecular complexity index is 838. The molecule has 1 atom stereocenters. The van der Waals surface area contributed by atoms with E-state index in [1.807, 2.05) is 30.3 Å². The molecule has 1 heterocycles. The van der Waals surface area contributed by atoms with E-state index in [0.717, 1.165) is 23.8 Å². The van der Waals surface area contributed by atoms with Crippen molar-refractivity contribution in [3.8, 4) is 0 Å². The quantitative estimate of drug-likeness (QED) is 0.569. The largest absolute Gasteiger partial charge is 0.372 e. The highest BCUT2D eigenvalue weighted by Gasteiger charge is 2.29. The van der Waals surface area contributed by atoms with Crippen LogP contribution in [0.3, 0.4) is 0 Å². The lowest BCUT2D eigenvalue weighted by atomic mass is 10.1. The van der Waals surface area contributed by atoms with Gasteiger partial charge >= 0.3 is 0 Å². The first-order chi connectivity index (χ1) is 12.9. The van der Waals surface area contributed by atoms with Crippen molar-refractivity contribution in [2.24, 2.45) is 0 Å². The number of nitrogens with zero attached hydrogens (tertiary/aromatic N) is 3. The third-order valence-corrected chi connectivity index (χ3v) is 4.33. The highest BCUT2D eigenvalue weighted by atomic mass is 16.6. The van der Waals surface area contributed by atoms with Gasteiger partial charge in [0, 0.05) is 25.2 Å². The summed E-state index contributed by atoms with van der Waals surface area (Å²) < 4.78 is 5.82. The average molecular weight is 371 g/mol. The fourth-order valence-corrected chi connectivity index (χ4v) is 2.95. The van der Waals surface area contributed by atoms with Gasteiger partial charge in [-0.05, 0) is 12.0 Å². The van der Waals surface area contributed by atoms with E-state index >= 15 is 0 Å². The van der Waals surface area contributed by atoms with Crippen molar-refractivity contribution in [1.82, 2.24) is 4.90 Å². The molecule has 1 saturated heterocycles. The minimum Gasteiger partial charge on any atom is -0.372 e. The first kappa shape index (κ1) is 18.5. The van der Waals surface area contributed by atoms with Gasteiger partial charge in [0.15, 0.2) is 0 Å². The Morgan fingerprint density at radius 2 is 1.70 bits per heavy atom. The minimum absolute atomic E-state index is 0.0698. The molecule has 2 aromatic rings. The summed E-state index contributed by atoms with van der Waals surface area (Å²) >= 11 is 0. The summed E-state index contributed by atoms with van der Waals surface area (Å²) in [7, 11) is 0. The van der Waals surface area contributed by atoms with E-state index in [0.29, 0.717) is 26.1 Å². The van der Waals surface area contributed by atoms with Crippen molar-refractivity contribution >= 4 is 17.3 Å². The Morgan fingerprint density at radius 3 is 2.30 bits per heavy atom. The molecule has 9 nitrogen and oxygen atoms in total. The van der Waals surface area contributed by atoms with E-state index in [-0.39, 0.29) is 11.7 Å². The number of nitro groups is 2. The molecule has 0 spiro atoms. The second-order valence-corrected chi connectivity index (χ2v) is 6.21. The van der Waals surface area contributed by atoms with Crippen molar-refractivity contribution < 1.29 is 19.4 Å². The summed E-state index contributed by atoms with van der Waals surface area (Å²) in [6.07, 6.45) is 0.484. The van der Waals surface area contributed by atoms with Crippen LogP contribution in [0.15, 0.2) is 48.5 Å². The molecule has 1 fully saturated rings. The molecular formula is C18H17N3O6. The second-order valence-electron chi connectivity index (χ2n) is 6.21. The third kappa shape index (κ3) is 4.45. The van der Waals surface area contributed by atoms with Gasteiger partial charge in [0.2, 0.25) is 0 Å². The molecule has 140 valence electrons. The van der Waals surface area contributed by atoms with E-state index in [1.165, 1.54) is 4.90 Å². The van der Waals surface area contributed by atoms with Crippen LogP contribution in [0.1, 0.15) is 22.3 Å². The van der Waals surface area contributed by atoms with E-state index in [9.17, 15) is 25.0 Å². The average Bonchev–Trinajstić information content (AvgIpc) is 3.15. The molecule has 0 aliphatic carbocycles. The molecule has 0 N–H and O–H groups in total. The second kappa shape index (κ2) is 7.92. The number of hydrogen-bond acceptors (Lipinski definition) is 6. The SMILES string of the molecule is O=C(c1cc([N+](=O)[O-])cc([N+](=O)[O-])c1)N1CCC(OCc2ccccc2)C1. The standard InChI is InChI=1S/C18H17N3O6/c22-18(14-8-15(20(23)24)10-16(9-14)21(25)26)19-7-6-17(11-19)27-12-13-4-2-1-3-5-13/h1-5,8-10,17H,6-7,11-12H2. The van der Waals surface area contributed by atoms with Crippen molar-refractivity contribution in [3.05, 3.63) is 79.9 Å². The monoisotopic (exact) mass is 371 g/mol. The van der Waals surface area contributed by atoms with Crippen molar-refractivity contribution in [3.63, 3.8) is 0 Å². The molecular weight excluding hydrogens is 354 g/mol. The van der Waals surface area contributed by atoms with Gasteiger partial charge in [-0.25, -0.2) is 0 Å². The lowest BCUT2D eigenvalue weighted by Gasteiger charge is -2.17. The lowest BCUT2D eigenvalue weighted by molar-refractivity contribution is -0.394. The summed E-state index contributed by atoms with van der Waals surface area (Å²) in [4.78, 5) is 34.6. The van der Waals surface area contributed by atoms with Crippen LogP contribution in [0, 0.1) is 20.2 Å². The van der Waals surface area contributed by atoms with Crippen LogP contribution in [0.5, 0.6) is 0 Å². The number of ether oxygens (including phenoxy) is 1. The zero-order valence-electron chi connectivity index (χ0n) is 14.3. The van der Waals surface area contributed by atoms with Crippen LogP contribution in [-0.4, -0.2) is 39.8 Å². The molecule has 1 unspecified atom stereocenters. The van der Waals surface area contributed by atoms with Crippen LogP contribution in [-0.2, 0) is 11.3 Å². The number of likely N-dealkylation sites (tertiary alicyclic amines) is 1. The summed E-state index contributed by atoms with van der Waals surface area (Å²) in [5.74, 6) is -0.479. The molecule has 2 aromatic carbocycles. The summed E-state index contributed by atoms with van der Waals surface area (Å²) in [6, 6.07) is 12.6. The predicted molar refractivity (Wildman–Crippen MR) is 95.3 cm³/mol. The molecule has 1 amide bonds. The van der Waals surface area contributed by atoms with E-state index < -0.39 is 27.1 Å². The summed E-state index contributed by atoms with van der Waals surface area (Å²) in [6.45, 7) is 1.19. The smallest absolute Gasteiger partial charge is 0.277 e. The molecule has 27 heavy (non-hydrogen) atoms. The molecule has 1 aliphatic heterocycles. The van der Waals surface area contributed by atoms with Crippen molar-refractivity contribution in [1.29, 1.82) is 0 Å². The van der Waals surface area contributed by atoms with E-state index in [1.54, 1.807) is 0 Å². The molecule has 1 aliphatic rings. The fraction of sp³-hybridized carbons (Fsp3) is 0.278. The van der Waals surface area contributed by atoms with Crippen LogP contribution in [0.2, 0.25) is 0 Å². The summed E-state index contributed by atoms with van der Waals surface area (Å²) in [5.41, 5.74) is -0.0107. The maximum absolute atomic E-state index is 12.6. The van der Waals surface area contributed by atoms with Gasteiger partial charge in [-0.2, -0.15) is 0 Å². The van der Waals surface area contributed by atoms with Gasteiger partial charge in [-0.3, -0.25) is 25.0 Å². The number of amides is 1. The molecule has 9 heteroatoms. The number of benzene rings is 2. The number of hydrogen-bond donors (Lipinski definition) is 0. The highest BCUT2D eigenvalue weighted by Crippen LogP contribution is 2.25. The van der Waals surface area contributed by atoms with Crippen LogP contribution >= 0.6 is 0 Å². The Labute approximate surface area is 154 Å². The highest BCUT2D eigenvalue weighted by molar-refractivity contribution is 5.95. The normalized spacial score (nSPS) is 16.3. The topological polar surface area (TPSA) is 116 Å². The van der Waals surface area contributed by atoms with Crippen LogP contribution < -0.4 is 0 Å². The van der Waals surface area contributed by atoms with Gasteiger partial charge in [0.1, 0.15) is 0 Å². The molecule has 0 aromatic heterocycles. The predicted octanol–water partition coefficient (Wildman–Crippen LogP) is 2.93. The van der Waals surface area contributed by atoms with Gasteiger partial charge in [0.05, 0.1) is 34.2 Å². The maximum Gasteiger partial charge on any atom is 0.277 e. The van der Waals surface area contributed by atoms with E-state index in [4.69, 9.17) is 4.74 Å². The minimum atomic E-state index is -0.750. The van der Waals surface area contributed by atoms with E-state index in [2.05, 4.69) is 0 Å². The molecule has 0 saturated carbocycles. The van der Waals surface area contributed by atoms with Crippen molar-refractivity contribution in [2.45, 2.75) is 19.1 Å². The zero-order chi connectivity index (χ0) is 19.4. The maximum atomic E-state index is 12.6. The van der Waals surface area contributed by atoms with Crippen LogP contribution in [0.4, 0.5) is 11.4 Å². The third-order valence-electron chi connectivity index (χ3n) is 4.33. The lowest BCUT2D eigenvalue weighted by Crippen LogP contribution is -2.30. The molecule has 3 rings (SSSR count).